The Hall–Kier alpha value is -1.22. The number of amides is 1. The van der Waals surface area contributed by atoms with Crippen molar-refractivity contribution < 1.29 is 9.90 Å². The van der Waals surface area contributed by atoms with Crippen molar-refractivity contribution in [2.45, 2.75) is 32.6 Å². The Morgan fingerprint density at radius 1 is 1.35 bits per heavy atom. The summed E-state index contributed by atoms with van der Waals surface area (Å²) in [6, 6.07) is 5.10. The molecule has 2 N–H and O–H groups in total. The number of phenols is 1. The number of carbonyl (C=O) groups excluding carboxylic acids is 1. The highest BCUT2D eigenvalue weighted by Crippen LogP contribution is 2.30. The molecule has 1 fully saturated rings. The fraction of sp³-hybridized carbons (Fsp3) is 0.562. The maximum absolute atomic E-state index is 12.1. The molecule has 1 amide bonds. The Morgan fingerprint density at radius 3 is 2.70 bits per heavy atom. The predicted octanol–water partition coefficient (Wildman–Crippen LogP) is 3.48. The minimum Gasteiger partial charge on any atom is -0.507 e. The van der Waals surface area contributed by atoms with Crippen LogP contribution in [0, 0.1) is 18.8 Å². The third kappa shape index (κ3) is 3.66. The van der Waals surface area contributed by atoms with Crippen molar-refractivity contribution in [3.05, 3.63) is 29.3 Å². The summed E-state index contributed by atoms with van der Waals surface area (Å²) >= 11 is 6.00. The number of alkyl halides is 1. The molecule has 2 atom stereocenters. The van der Waals surface area contributed by atoms with Crippen molar-refractivity contribution in [3.8, 4) is 5.75 Å². The summed E-state index contributed by atoms with van der Waals surface area (Å²) in [6.07, 6.45) is 4.72. The van der Waals surface area contributed by atoms with E-state index in [2.05, 4.69) is 5.32 Å². The van der Waals surface area contributed by atoms with Crippen LogP contribution in [-0.4, -0.2) is 23.4 Å². The zero-order valence-electron chi connectivity index (χ0n) is 11.9. The van der Waals surface area contributed by atoms with Crippen molar-refractivity contribution in [1.29, 1.82) is 0 Å². The van der Waals surface area contributed by atoms with Gasteiger partial charge in [-0.2, -0.15) is 0 Å². The van der Waals surface area contributed by atoms with Gasteiger partial charge < -0.3 is 10.4 Å². The van der Waals surface area contributed by atoms with Crippen LogP contribution in [0.5, 0.6) is 5.75 Å². The van der Waals surface area contributed by atoms with Gasteiger partial charge in [0.1, 0.15) is 5.75 Å². The number of benzene rings is 1. The molecule has 0 aliphatic heterocycles. The maximum atomic E-state index is 12.1. The van der Waals surface area contributed by atoms with Crippen LogP contribution in [0.25, 0.3) is 0 Å². The van der Waals surface area contributed by atoms with Crippen LogP contribution in [0.15, 0.2) is 18.2 Å². The molecule has 0 saturated heterocycles. The average Bonchev–Trinajstić information content (AvgIpc) is 2.45. The zero-order chi connectivity index (χ0) is 14.5. The monoisotopic (exact) mass is 295 g/mol. The molecule has 1 aromatic rings. The second-order valence-corrected chi connectivity index (χ2v) is 6.00. The van der Waals surface area contributed by atoms with E-state index in [1.807, 2.05) is 13.0 Å². The first-order valence-corrected chi connectivity index (χ1v) is 7.79. The lowest BCUT2D eigenvalue weighted by Gasteiger charge is -2.30. The highest BCUT2D eigenvalue weighted by molar-refractivity contribution is 6.18. The standard InChI is InChI=1S/C16H22ClNO2/c1-11-6-7-14(15(19)8-11)16(20)18-10-13-5-3-2-4-12(13)9-17/h6-8,12-13,19H,2-5,9-10H2,1H3,(H,18,20). The van der Waals surface area contributed by atoms with Gasteiger partial charge in [-0.3, -0.25) is 4.79 Å². The van der Waals surface area contributed by atoms with E-state index in [-0.39, 0.29) is 11.7 Å². The van der Waals surface area contributed by atoms with Crippen molar-refractivity contribution in [2.24, 2.45) is 11.8 Å². The maximum Gasteiger partial charge on any atom is 0.255 e. The number of aromatic hydroxyl groups is 1. The van der Waals surface area contributed by atoms with Gasteiger partial charge >= 0.3 is 0 Å². The number of carbonyl (C=O) groups is 1. The highest BCUT2D eigenvalue weighted by atomic mass is 35.5. The SMILES string of the molecule is Cc1ccc(C(=O)NCC2CCCCC2CCl)c(O)c1. The molecule has 1 aliphatic carbocycles. The van der Waals surface area contributed by atoms with E-state index in [1.54, 1.807) is 12.1 Å². The summed E-state index contributed by atoms with van der Waals surface area (Å²) in [5, 5.41) is 12.8. The summed E-state index contributed by atoms with van der Waals surface area (Å²) in [5.41, 5.74) is 1.28. The van der Waals surface area contributed by atoms with E-state index in [9.17, 15) is 9.90 Å². The van der Waals surface area contributed by atoms with Gasteiger partial charge in [0.2, 0.25) is 0 Å². The minimum absolute atomic E-state index is 0.0417. The molecule has 2 rings (SSSR count). The van der Waals surface area contributed by atoms with Gasteiger partial charge in [0.15, 0.2) is 0 Å². The van der Waals surface area contributed by atoms with Crippen LogP contribution in [0.3, 0.4) is 0 Å². The number of rotatable bonds is 4. The second-order valence-electron chi connectivity index (χ2n) is 5.69. The van der Waals surface area contributed by atoms with E-state index in [1.165, 1.54) is 12.8 Å². The lowest BCUT2D eigenvalue weighted by molar-refractivity contribution is 0.0934. The van der Waals surface area contributed by atoms with E-state index >= 15 is 0 Å². The van der Waals surface area contributed by atoms with Crippen molar-refractivity contribution >= 4 is 17.5 Å². The van der Waals surface area contributed by atoms with Crippen LogP contribution in [0.1, 0.15) is 41.6 Å². The molecule has 0 heterocycles. The topological polar surface area (TPSA) is 49.3 Å². The second kappa shape index (κ2) is 6.98. The molecule has 4 heteroatoms. The summed E-state index contributed by atoms with van der Waals surface area (Å²) in [7, 11) is 0. The molecule has 0 aromatic heterocycles. The van der Waals surface area contributed by atoms with Crippen LogP contribution >= 0.6 is 11.6 Å². The van der Waals surface area contributed by atoms with Crippen molar-refractivity contribution in [3.63, 3.8) is 0 Å². The van der Waals surface area contributed by atoms with Crippen molar-refractivity contribution in [1.82, 2.24) is 5.32 Å². The number of hydrogen-bond donors (Lipinski definition) is 2. The van der Waals surface area contributed by atoms with Crippen LogP contribution < -0.4 is 5.32 Å². The quantitative estimate of drug-likeness (QED) is 0.836. The third-order valence-corrected chi connectivity index (χ3v) is 4.58. The first-order chi connectivity index (χ1) is 9.61. The fourth-order valence-corrected chi connectivity index (χ4v) is 3.32. The normalized spacial score (nSPS) is 22.5. The highest BCUT2D eigenvalue weighted by Gasteiger charge is 2.25. The summed E-state index contributed by atoms with van der Waals surface area (Å²) in [6.45, 7) is 2.53. The Balaban J connectivity index is 1.94. The van der Waals surface area contributed by atoms with Gasteiger partial charge in [-0.1, -0.05) is 18.9 Å². The lowest BCUT2D eigenvalue weighted by Crippen LogP contribution is -2.34. The fourth-order valence-electron chi connectivity index (χ4n) is 2.91. The smallest absolute Gasteiger partial charge is 0.255 e. The minimum atomic E-state index is -0.207. The van der Waals surface area contributed by atoms with Crippen molar-refractivity contribution in [2.75, 3.05) is 12.4 Å². The van der Waals surface area contributed by atoms with E-state index in [0.29, 0.717) is 29.8 Å². The van der Waals surface area contributed by atoms with Gasteiger partial charge in [0, 0.05) is 12.4 Å². The molecular formula is C16H22ClNO2. The van der Waals surface area contributed by atoms with Crippen LogP contribution in [0.2, 0.25) is 0 Å². The van der Waals surface area contributed by atoms with Crippen LogP contribution in [0.4, 0.5) is 0 Å². The molecule has 20 heavy (non-hydrogen) atoms. The number of aryl methyl sites for hydroxylation is 1. The van der Waals surface area contributed by atoms with Gasteiger partial charge in [-0.05, 0) is 49.3 Å². The first kappa shape index (κ1) is 15.2. The third-order valence-electron chi connectivity index (χ3n) is 4.19. The van der Waals surface area contributed by atoms with Crippen LogP contribution in [-0.2, 0) is 0 Å². The molecule has 3 nitrogen and oxygen atoms in total. The Kier molecular flexibility index (Phi) is 5.30. The predicted molar refractivity (Wildman–Crippen MR) is 81.3 cm³/mol. The first-order valence-electron chi connectivity index (χ1n) is 7.25. The molecule has 1 aliphatic rings. The molecule has 1 aromatic carbocycles. The average molecular weight is 296 g/mol. The molecular weight excluding hydrogens is 274 g/mol. The number of hydrogen-bond acceptors (Lipinski definition) is 2. The molecule has 0 spiro atoms. The Morgan fingerprint density at radius 2 is 2.05 bits per heavy atom. The summed E-state index contributed by atoms with van der Waals surface area (Å²) < 4.78 is 0. The summed E-state index contributed by atoms with van der Waals surface area (Å²) in [4.78, 5) is 12.1. The van der Waals surface area contributed by atoms with Gasteiger partial charge in [-0.25, -0.2) is 0 Å². The zero-order valence-corrected chi connectivity index (χ0v) is 12.6. The number of halogens is 1. The summed E-state index contributed by atoms with van der Waals surface area (Å²) in [5.74, 6) is 1.45. The Bertz CT molecular complexity index is 476. The largest absolute Gasteiger partial charge is 0.507 e. The molecule has 0 bridgehead atoms. The lowest BCUT2D eigenvalue weighted by atomic mass is 9.80. The van der Waals surface area contributed by atoms with E-state index < -0.39 is 0 Å². The number of nitrogens with one attached hydrogen (secondary N) is 1. The van der Waals surface area contributed by atoms with Gasteiger partial charge in [0.25, 0.3) is 5.91 Å². The Labute approximate surface area is 125 Å². The molecule has 2 unspecified atom stereocenters. The molecule has 1 saturated carbocycles. The van der Waals surface area contributed by atoms with E-state index in [0.717, 1.165) is 18.4 Å². The van der Waals surface area contributed by atoms with Gasteiger partial charge in [-0.15, -0.1) is 11.6 Å². The molecule has 110 valence electrons. The number of phenolic OH excluding ortho intramolecular Hbond substituents is 1. The molecule has 0 radical (unpaired) electrons. The van der Waals surface area contributed by atoms with E-state index in [4.69, 9.17) is 11.6 Å². The van der Waals surface area contributed by atoms with Gasteiger partial charge in [0.05, 0.1) is 5.56 Å².